The zero-order valence-electron chi connectivity index (χ0n) is 9.99. The Morgan fingerprint density at radius 2 is 2.17 bits per heavy atom. The van der Waals surface area contributed by atoms with Crippen LogP contribution in [0.15, 0.2) is 24.3 Å². The van der Waals surface area contributed by atoms with Crippen LogP contribution in [0.5, 0.6) is 5.75 Å². The van der Waals surface area contributed by atoms with E-state index in [9.17, 15) is 14.9 Å². The van der Waals surface area contributed by atoms with Crippen LogP contribution in [0.25, 0.3) is 6.08 Å². The molecule has 0 atom stereocenters. The molecule has 0 aromatic heterocycles. The van der Waals surface area contributed by atoms with Crippen molar-refractivity contribution < 1.29 is 19.6 Å². The summed E-state index contributed by atoms with van der Waals surface area (Å²) >= 11 is 0. The number of aliphatic carboxylic acids is 1. The Kier molecular flexibility index (Phi) is 4.42. The van der Waals surface area contributed by atoms with E-state index in [0.29, 0.717) is 11.3 Å². The molecular weight excluding hydrogens is 238 g/mol. The highest BCUT2D eigenvalue weighted by atomic mass is 16.6. The van der Waals surface area contributed by atoms with Crippen LogP contribution < -0.4 is 4.74 Å². The number of ether oxygens (including phenoxy) is 1. The number of nitro benzene ring substituents is 1. The highest BCUT2D eigenvalue weighted by Crippen LogP contribution is 2.26. The predicted molar refractivity (Wildman–Crippen MR) is 65.5 cm³/mol. The quantitative estimate of drug-likeness (QED) is 0.493. The molecule has 0 aliphatic heterocycles. The van der Waals surface area contributed by atoms with Crippen LogP contribution in [0, 0.1) is 10.1 Å². The van der Waals surface area contributed by atoms with E-state index in [1.807, 2.05) is 13.8 Å². The van der Waals surface area contributed by atoms with E-state index in [1.165, 1.54) is 24.3 Å². The van der Waals surface area contributed by atoms with Gasteiger partial charge in [-0.15, -0.1) is 0 Å². The Balaban J connectivity index is 3.17. The maximum Gasteiger partial charge on any atom is 0.328 e. The Bertz CT molecular complexity index is 493. The third-order valence-electron chi connectivity index (χ3n) is 1.97. The van der Waals surface area contributed by atoms with Crippen LogP contribution in [0.2, 0.25) is 0 Å². The van der Waals surface area contributed by atoms with Gasteiger partial charge in [0.2, 0.25) is 0 Å². The van der Waals surface area contributed by atoms with E-state index in [-0.39, 0.29) is 11.8 Å². The molecule has 0 bridgehead atoms. The highest BCUT2D eigenvalue weighted by Gasteiger charge is 2.11. The van der Waals surface area contributed by atoms with Crippen molar-refractivity contribution in [2.24, 2.45) is 0 Å². The summed E-state index contributed by atoms with van der Waals surface area (Å²) in [6.07, 6.45) is 2.07. The molecule has 0 heterocycles. The van der Waals surface area contributed by atoms with Gasteiger partial charge >= 0.3 is 5.97 Å². The molecule has 6 heteroatoms. The lowest BCUT2D eigenvalue weighted by atomic mass is 10.1. The minimum atomic E-state index is -1.13. The van der Waals surface area contributed by atoms with Crippen molar-refractivity contribution in [2.45, 2.75) is 20.0 Å². The standard InChI is InChI=1S/C12H13NO5/c1-8(2)18-11-5-4-10(13(16)17)7-9(11)3-6-12(14)15/h3-8H,1-2H3,(H,14,15)/b6-3+. The van der Waals surface area contributed by atoms with E-state index >= 15 is 0 Å². The van der Waals surface area contributed by atoms with Crippen LogP contribution in [0.1, 0.15) is 19.4 Å². The largest absolute Gasteiger partial charge is 0.490 e. The third-order valence-corrected chi connectivity index (χ3v) is 1.97. The summed E-state index contributed by atoms with van der Waals surface area (Å²) < 4.78 is 5.45. The second-order valence-electron chi connectivity index (χ2n) is 3.82. The molecule has 0 aliphatic carbocycles. The van der Waals surface area contributed by atoms with Gasteiger partial charge in [-0.3, -0.25) is 10.1 Å². The minimum absolute atomic E-state index is 0.108. The molecule has 0 radical (unpaired) electrons. The zero-order valence-corrected chi connectivity index (χ0v) is 9.99. The summed E-state index contributed by atoms with van der Waals surface area (Å²) in [5.74, 6) is -0.717. The first-order valence-corrected chi connectivity index (χ1v) is 5.26. The fraction of sp³-hybridized carbons (Fsp3) is 0.250. The lowest BCUT2D eigenvalue weighted by Crippen LogP contribution is -2.06. The van der Waals surface area contributed by atoms with Gasteiger partial charge in [0.15, 0.2) is 0 Å². The van der Waals surface area contributed by atoms with E-state index in [2.05, 4.69) is 0 Å². The Morgan fingerprint density at radius 1 is 1.50 bits per heavy atom. The van der Waals surface area contributed by atoms with Gasteiger partial charge in [-0.05, 0) is 26.0 Å². The summed E-state index contributed by atoms with van der Waals surface area (Å²) in [6.45, 7) is 3.62. The number of carbonyl (C=O) groups is 1. The van der Waals surface area contributed by atoms with Crippen LogP contribution in [-0.2, 0) is 4.79 Å². The van der Waals surface area contributed by atoms with Crippen molar-refractivity contribution in [1.29, 1.82) is 0 Å². The van der Waals surface area contributed by atoms with Gasteiger partial charge in [-0.1, -0.05) is 0 Å². The zero-order chi connectivity index (χ0) is 13.7. The van der Waals surface area contributed by atoms with Gasteiger partial charge in [0.1, 0.15) is 5.75 Å². The summed E-state index contributed by atoms with van der Waals surface area (Å²) in [7, 11) is 0. The molecule has 0 saturated heterocycles. The van der Waals surface area contributed by atoms with Crippen LogP contribution in [0.3, 0.4) is 0 Å². The van der Waals surface area contributed by atoms with Crippen LogP contribution in [0.4, 0.5) is 5.69 Å². The molecular formula is C12H13NO5. The summed E-state index contributed by atoms with van der Waals surface area (Å²) in [5, 5.41) is 19.2. The molecule has 0 aliphatic rings. The predicted octanol–water partition coefficient (Wildman–Crippen LogP) is 2.48. The fourth-order valence-corrected chi connectivity index (χ4v) is 1.30. The number of carboxylic acid groups (broad SMARTS) is 1. The number of hydrogen-bond donors (Lipinski definition) is 1. The van der Waals surface area contributed by atoms with E-state index in [4.69, 9.17) is 9.84 Å². The topological polar surface area (TPSA) is 89.7 Å². The number of benzene rings is 1. The van der Waals surface area contributed by atoms with Gasteiger partial charge in [-0.25, -0.2) is 4.79 Å². The number of non-ortho nitro benzene ring substituents is 1. The SMILES string of the molecule is CC(C)Oc1ccc([N+](=O)[O-])cc1/C=C/C(=O)O. The first-order chi connectivity index (χ1) is 8.40. The Hall–Kier alpha value is -2.37. The highest BCUT2D eigenvalue weighted by molar-refractivity contribution is 5.86. The van der Waals surface area contributed by atoms with Crippen LogP contribution in [-0.4, -0.2) is 22.1 Å². The maximum absolute atomic E-state index is 10.6. The molecule has 0 fully saturated rings. The molecule has 0 amide bonds. The van der Waals surface area contributed by atoms with Crippen molar-refractivity contribution >= 4 is 17.7 Å². The average Bonchev–Trinajstić information content (AvgIpc) is 2.26. The van der Waals surface area contributed by atoms with Crippen LogP contribution >= 0.6 is 0 Å². The number of rotatable bonds is 5. The number of nitro groups is 1. The molecule has 0 unspecified atom stereocenters. The monoisotopic (exact) mass is 251 g/mol. The number of hydrogen-bond acceptors (Lipinski definition) is 4. The van der Waals surface area contributed by atoms with Crippen molar-refractivity contribution in [3.63, 3.8) is 0 Å². The summed E-state index contributed by atoms with van der Waals surface area (Å²) in [4.78, 5) is 20.6. The smallest absolute Gasteiger partial charge is 0.328 e. The fourth-order valence-electron chi connectivity index (χ4n) is 1.30. The first kappa shape index (κ1) is 13.7. The molecule has 18 heavy (non-hydrogen) atoms. The summed E-state index contributed by atoms with van der Waals surface area (Å²) in [5.41, 5.74) is 0.247. The molecule has 1 aromatic carbocycles. The van der Waals surface area contributed by atoms with E-state index < -0.39 is 10.9 Å². The molecule has 1 rings (SSSR count). The number of nitrogens with zero attached hydrogens (tertiary/aromatic N) is 1. The van der Waals surface area contributed by atoms with Crippen molar-refractivity contribution in [3.05, 3.63) is 40.0 Å². The lowest BCUT2D eigenvalue weighted by molar-refractivity contribution is -0.384. The third kappa shape index (κ3) is 3.89. The molecule has 1 aromatic rings. The second-order valence-corrected chi connectivity index (χ2v) is 3.82. The number of carboxylic acids is 1. The van der Waals surface area contributed by atoms with Gasteiger partial charge in [0.25, 0.3) is 5.69 Å². The Morgan fingerprint density at radius 3 is 2.67 bits per heavy atom. The lowest BCUT2D eigenvalue weighted by Gasteiger charge is -2.12. The van der Waals surface area contributed by atoms with Gasteiger partial charge in [0, 0.05) is 23.8 Å². The average molecular weight is 251 g/mol. The molecule has 1 N–H and O–H groups in total. The Labute approximate surface area is 104 Å². The van der Waals surface area contributed by atoms with Crippen molar-refractivity contribution in [3.8, 4) is 5.75 Å². The first-order valence-electron chi connectivity index (χ1n) is 5.26. The van der Waals surface area contributed by atoms with Gasteiger partial charge in [-0.2, -0.15) is 0 Å². The van der Waals surface area contributed by atoms with Gasteiger partial charge < -0.3 is 9.84 Å². The van der Waals surface area contributed by atoms with E-state index in [0.717, 1.165) is 6.08 Å². The summed E-state index contributed by atoms with van der Waals surface area (Å²) in [6, 6.07) is 4.05. The molecule has 6 nitrogen and oxygen atoms in total. The van der Waals surface area contributed by atoms with Gasteiger partial charge in [0.05, 0.1) is 11.0 Å². The van der Waals surface area contributed by atoms with E-state index in [1.54, 1.807) is 0 Å². The normalized spacial score (nSPS) is 10.8. The second kappa shape index (κ2) is 5.81. The van der Waals surface area contributed by atoms with Crippen molar-refractivity contribution in [1.82, 2.24) is 0 Å². The molecule has 0 spiro atoms. The molecule has 0 saturated carbocycles. The molecule has 96 valence electrons. The minimum Gasteiger partial charge on any atom is -0.490 e. The van der Waals surface area contributed by atoms with Crippen molar-refractivity contribution in [2.75, 3.05) is 0 Å². The maximum atomic E-state index is 10.6.